The molecule has 2 heterocycles. The fourth-order valence-electron chi connectivity index (χ4n) is 3.44. The standard InChI is InChI=1S/C22H25F5N2O3S/c1-20(2,3)32-19(30)29-7-5-13(6-8-29)18-28-17(12-33-18)14-9-15(21(4,23)24)11-16(10-14)31-22(25,26)27/h9-13H,5-8H2,1-4H3. The predicted molar refractivity (Wildman–Crippen MR) is 114 cm³/mol. The van der Waals surface area contributed by atoms with E-state index in [2.05, 4.69) is 9.72 Å². The number of likely N-dealkylation sites (tertiary alicyclic amines) is 1. The summed E-state index contributed by atoms with van der Waals surface area (Å²) >= 11 is 1.31. The molecular weight excluding hydrogens is 467 g/mol. The minimum atomic E-state index is -5.01. The van der Waals surface area contributed by atoms with Crippen LogP contribution in [0.4, 0.5) is 26.7 Å². The van der Waals surface area contributed by atoms with Gasteiger partial charge in [-0.2, -0.15) is 0 Å². The molecule has 1 aromatic carbocycles. The van der Waals surface area contributed by atoms with E-state index in [4.69, 9.17) is 4.74 Å². The lowest BCUT2D eigenvalue weighted by Crippen LogP contribution is -2.41. The molecular formula is C22H25F5N2O3S. The van der Waals surface area contributed by atoms with Crippen LogP contribution in [0.3, 0.4) is 0 Å². The zero-order chi connectivity index (χ0) is 24.6. The first-order valence-electron chi connectivity index (χ1n) is 10.3. The van der Waals surface area contributed by atoms with Crippen LogP contribution in [0.1, 0.15) is 57.0 Å². The van der Waals surface area contributed by atoms with E-state index in [0.29, 0.717) is 44.6 Å². The quantitative estimate of drug-likeness (QED) is 0.434. The van der Waals surface area contributed by atoms with Crippen LogP contribution in [-0.2, 0) is 10.7 Å². The minimum absolute atomic E-state index is 0.0455. The Hall–Kier alpha value is -2.43. The second kappa shape index (κ2) is 9.08. The van der Waals surface area contributed by atoms with Crippen molar-refractivity contribution < 1.29 is 36.2 Å². The molecule has 5 nitrogen and oxygen atoms in total. The molecule has 0 aliphatic carbocycles. The zero-order valence-corrected chi connectivity index (χ0v) is 19.4. The maximum Gasteiger partial charge on any atom is 0.573 e. The topological polar surface area (TPSA) is 51.7 Å². The number of carbonyl (C=O) groups is 1. The molecule has 0 unspecified atom stereocenters. The highest BCUT2D eigenvalue weighted by atomic mass is 32.1. The van der Waals surface area contributed by atoms with Gasteiger partial charge in [0.1, 0.15) is 11.4 Å². The minimum Gasteiger partial charge on any atom is -0.444 e. The number of hydrogen-bond acceptors (Lipinski definition) is 5. The molecule has 1 saturated heterocycles. The number of piperidine rings is 1. The van der Waals surface area contributed by atoms with Gasteiger partial charge in [0.25, 0.3) is 5.92 Å². The lowest BCUT2D eigenvalue weighted by molar-refractivity contribution is -0.274. The number of benzene rings is 1. The lowest BCUT2D eigenvalue weighted by Gasteiger charge is -2.32. The molecule has 1 fully saturated rings. The molecule has 3 rings (SSSR count). The molecule has 182 valence electrons. The van der Waals surface area contributed by atoms with E-state index in [1.54, 1.807) is 31.1 Å². The molecule has 1 aromatic heterocycles. The fraction of sp³-hybridized carbons (Fsp3) is 0.545. The predicted octanol–water partition coefficient (Wildman–Crippen LogP) is 6.93. The first-order valence-corrected chi connectivity index (χ1v) is 11.2. The van der Waals surface area contributed by atoms with Crippen molar-refractivity contribution in [3.05, 3.63) is 34.2 Å². The Morgan fingerprint density at radius 2 is 1.70 bits per heavy atom. The van der Waals surface area contributed by atoms with Gasteiger partial charge in [0, 0.05) is 42.4 Å². The van der Waals surface area contributed by atoms with Gasteiger partial charge in [-0.15, -0.1) is 24.5 Å². The van der Waals surface area contributed by atoms with E-state index < -0.39 is 29.2 Å². The van der Waals surface area contributed by atoms with Gasteiger partial charge in [-0.25, -0.2) is 18.6 Å². The summed E-state index contributed by atoms with van der Waals surface area (Å²) in [7, 11) is 0. The Morgan fingerprint density at radius 3 is 2.24 bits per heavy atom. The number of rotatable bonds is 4. The first kappa shape index (κ1) is 25.2. The summed E-state index contributed by atoms with van der Waals surface area (Å²) in [5, 5.41) is 2.36. The Balaban J connectivity index is 1.76. The average Bonchev–Trinajstić information content (AvgIpc) is 3.15. The van der Waals surface area contributed by atoms with Crippen LogP contribution >= 0.6 is 11.3 Å². The van der Waals surface area contributed by atoms with Crippen molar-refractivity contribution in [1.29, 1.82) is 0 Å². The number of halogens is 5. The van der Waals surface area contributed by atoms with Gasteiger partial charge in [0.2, 0.25) is 0 Å². The third-order valence-electron chi connectivity index (χ3n) is 4.96. The third kappa shape index (κ3) is 7.02. The molecule has 11 heteroatoms. The second-order valence-corrected chi connectivity index (χ2v) is 9.88. The highest BCUT2D eigenvalue weighted by molar-refractivity contribution is 7.10. The summed E-state index contributed by atoms with van der Waals surface area (Å²) in [6.07, 6.45) is -4.10. The summed E-state index contributed by atoms with van der Waals surface area (Å²) in [5.41, 5.74) is -0.777. The van der Waals surface area contributed by atoms with E-state index in [-0.39, 0.29) is 17.6 Å². The van der Waals surface area contributed by atoms with Gasteiger partial charge in [0.15, 0.2) is 0 Å². The normalized spacial score (nSPS) is 16.1. The van der Waals surface area contributed by atoms with Crippen LogP contribution in [0, 0.1) is 0 Å². The Bertz CT molecular complexity index is 987. The molecule has 1 aliphatic heterocycles. The van der Waals surface area contributed by atoms with Crippen molar-refractivity contribution in [3.8, 4) is 17.0 Å². The van der Waals surface area contributed by atoms with Gasteiger partial charge < -0.3 is 14.4 Å². The van der Waals surface area contributed by atoms with E-state index in [1.807, 2.05) is 0 Å². The molecule has 2 aromatic rings. The van der Waals surface area contributed by atoms with Gasteiger partial charge in [-0.1, -0.05) is 0 Å². The van der Waals surface area contributed by atoms with Crippen LogP contribution in [0.5, 0.6) is 5.75 Å². The number of hydrogen-bond donors (Lipinski definition) is 0. The molecule has 0 saturated carbocycles. The number of carbonyl (C=O) groups excluding carboxylic acids is 1. The monoisotopic (exact) mass is 492 g/mol. The molecule has 0 N–H and O–H groups in total. The lowest BCUT2D eigenvalue weighted by atomic mass is 9.97. The largest absolute Gasteiger partial charge is 0.573 e. The van der Waals surface area contributed by atoms with Crippen molar-refractivity contribution in [2.75, 3.05) is 13.1 Å². The van der Waals surface area contributed by atoms with Crippen molar-refractivity contribution in [2.24, 2.45) is 0 Å². The van der Waals surface area contributed by atoms with Crippen LogP contribution in [0.2, 0.25) is 0 Å². The molecule has 0 atom stereocenters. The summed E-state index contributed by atoms with van der Waals surface area (Å²) in [5.74, 6) is -4.03. The third-order valence-corrected chi connectivity index (χ3v) is 5.97. The fourth-order valence-corrected chi connectivity index (χ4v) is 4.44. The van der Waals surface area contributed by atoms with E-state index >= 15 is 0 Å². The summed E-state index contributed by atoms with van der Waals surface area (Å²) in [6.45, 7) is 6.95. The summed E-state index contributed by atoms with van der Waals surface area (Å²) in [4.78, 5) is 18.4. The van der Waals surface area contributed by atoms with Gasteiger partial charge in [-0.3, -0.25) is 0 Å². The maximum absolute atomic E-state index is 13.9. The van der Waals surface area contributed by atoms with Gasteiger partial charge >= 0.3 is 12.5 Å². The van der Waals surface area contributed by atoms with Crippen LogP contribution < -0.4 is 4.74 Å². The zero-order valence-electron chi connectivity index (χ0n) is 18.6. The number of aromatic nitrogens is 1. The van der Waals surface area contributed by atoms with Crippen molar-refractivity contribution in [2.45, 2.75) is 64.3 Å². The van der Waals surface area contributed by atoms with Crippen LogP contribution in [-0.4, -0.2) is 41.0 Å². The summed E-state index contributed by atoms with van der Waals surface area (Å²) < 4.78 is 75.0. The molecule has 33 heavy (non-hydrogen) atoms. The van der Waals surface area contributed by atoms with Gasteiger partial charge in [0.05, 0.1) is 10.7 Å². The van der Waals surface area contributed by atoms with Crippen LogP contribution in [0.25, 0.3) is 11.3 Å². The van der Waals surface area contributed by atoms with Crippen LogP contribution in [0.15, 0.2) is 23.6 Å². The number of thiazole rings is 1. The second-order valence-electron chi connectivity index (χ2n) is 8.99. The Kier molecular flexibility index (Phi) is 6.93. The molecule has 1 amide bonds. The first-order chi connectivity index (χ1) is 15.1. The number of amides is 1. The smallest absolute Gasteiger partial charge is 0.444 e. The number of nitrogens with zero attached hydrogens (tertiary/aromatic N) is 2. The highest BCUT2D eigenvalue weighted by Crippen LogP contribution is 2.38. The van der Waals surface area contributed by atoms with E-state index in [0.717, 1.165) is 17.1 Å². The molecule has 1 aliphatic rings. The molecule has 0 spiro atoms. The van der Waals surface area contributed by atoms with Crippen molar-refractivity contribution >= 4 is 17.4 Å². The summed E-state index contributed by atoms with van der Waals surface area (Å²) in [6, 6.07) is 2.84. The maximum atomic E-state index is 13.9. The number of ether oxygens (including phenoxy) is 2. The van der Waals surface area contributed by atoms with E-state index in [1.165, 1.54) is 11.3 Å². The van der Waals surface area contributed by atoms with Gasteiger partial charge in [-0.05, 0) is 51.8 Å². The Labute approximate surface area is 192 Å². The number of alkyl halides is 5. The molecule has 0 bridgehead atoms. The SMILES string of the molecule is CC(C)(C)OC(=O)N1CCC(c2nc(-c3cc(OC(F)(F)F)cc(C(C)(F)F)c3)cs2)CC1. The average molecular weight is 493 g/mol. The van der Waals surface area contributed by atoms with E-state index in [9.17, 15) is 26.7 Å². The van der Waals surface area contributed by atoms with Crippen molar-refractivity contribution in [3.63, 3.8) is 0 Å². The van der Waals surface area contributed by atoms with Crippen molar-refractivity contribution in [1.82, 2.24) is 9.88 Å². The highest BCUT2D eigenvalue weighted by Gasteiger charge is 2.34. The Morgan fingerprint density at radius 1 is 1.06 bits per heavy atom. The molecule has 0 radical (unpaired) electrons.